The summed E-state index contributed by atoms with van der Waals surface area (Å²) in [5.41, 5.74) is 2.56. The van der Waals surface area contributed by atoms with Crippen molar-refractivity contribution in [1.29, 1.82) is 0 Å². The molecule has 6 heteroatoms. The predicted octanol–water partition coefficient (Wildman–Crippen LogP) is 4.15. The molecule has 5 nitrogen and oxygen atoms in total. The number of hydrogen-bond donors (Lipinski definition) is 0. The van der Waals surface area contributed by atoms with Crippen molar-refractivity contribution in [1.82, 2.24) is 9.38 Å². The van der Waals surface area contributed by atoms with E-state index in [4.69, 9.17) is 21.1 Å². The fourth-order valence-electron chi connectivity index (χ4n) is 2.65. The molecule has 134 valence electrons. The molecule has 0 radical (unpaired) electrons. The Morgan fingerprint density at radius 1 is 1.27 bits per heavy atom. The van der Waals surface area contributed by atoms with Gasteiger partial charge in [0, 0.05) is 12.3 Å². The molecule has 0 aliphatic rings. The van der Waals surface area contributed by atoms with Crippen LogP contribution in [0.5, 0.6) is 11.5 Å². The first-order valence-electron chi connectivity index (χ1n) is 8.21. The predicted molar refractivity (Wildman–Crippen MR) is 104 cm³/mol. The smallest absolute Gasteiger partial charge is 0.258 e. The Balaban J connectivity index is 2.04. The van der Waals surface area contributed by atoms with Crippen LogP contribution in [0.4, 0.5) is 0 Å². The Bertz CT molecular complexity index is 1040. The van der Waals surface area contributed by atoms with E-state index in [1.807, 2.05) is 44.2 Å². The molecule has 1 aromatic carbocycles. The third-order valence-electron chi connectivity index (χ3n) is 3.91. The van der Waals surface area contributed by atoms with Gasteiger partial charge in [0.1, 0.15) is 5.65 Å². The number of aromatic nitrogens is 2. The summed E-state index contributed by atoms with van der Waals surface area (Å²) in [6, 6.07) is 10.7. The van der Waals surface area contributed by atoms with Gasteiger partial charge in [-0.1, -0.05) is 23.7 Å². The largest absolute Gasteiger partial charge is 0.493 e. The van der Waals surface area contributed by atoms with Crippen molar-refractivity contribution < 1.29 is 9.47 Å². The Labute approximate surface area is 156 Å². The van der Waals surface area contributed by atoms with E-state index in [9.17, 15) is 4.79 Å². The van der Waals surface area contributed by atoms with Crippen molar-refractivity contribution in [3.05, 3.63) is 69.8 Å². The molecule has 0 amide bonds. The van der Waals surface area contributed by atoms with Crippen LogP contribution in [-0.4, -0.2) is 23.1 Å². The molecule has 3 rings (SSSR count). The monoisotopic (exact) mass is 370 g/mol. The normalized spacial score (nSPS) is 11.6. The Morgan fingerprint density at radius 3 is 2.81 bits per heavy atom. The molecular weight excluding hydrogens is 352 g/mol. The highest BCUT2D eigenvalue weighted by Gasteiger charge is 2.09. The van der Waals surface area contributed by atoms with Crippen molar-refractivity contribution in [2.45, 2.75) is 13.8 Å². The zero-order chi connectivity index (χ0) is 18.7. The van der Waals surface area contributed by atoms with Crippen LogP contribution in [0.15, 0.2) is 47.4 Å². The number of pyridine rings is 1. The van der Waals surface area contributed by atoms with E-state index in [0.717, 1.165) is 11.1 Å². The summed E-state index contributed by atoms with van der Waals surface area (Å²) in [4.78, 5) is 16.9. The van der Waals surface area contributed by atoms with E-state index >= 15 is 0 Å². The summed E-state index contributed by atoms with van der Waals surface area (Å²) in [6.07, 6.45) is 3.44. The minimum absolute atomic E-state index is 0.176. The molecule has 0 atom stereocenters. The molecule has 0 bridgehead atoms. The van der Waals surface area contributed by atoms with Gasteiger partial charge in [0.05, 0.1) is 24.4 Å². The number of hydrogen-bond acceptors (Lipinski definition) is 4. The Hall–Kier alpha value is -2.79. The fourth-order valence-corrected chi connectivity index (χ4v) is 2.88. The fraction of sp³-hybridized carbons (Fsp3) is 0.200. The first-order chi connectivity index (χ1) is 12.5. The summed E-state index contributed by atoms with van der Waals surface area (Å²) in [5.74, 6) is 1.29. The molecule has 0 saturated heterocycles. The van der Waals surface area contributed by atoms with Crippen LogP contribution in [0.25, 0.3) is 16.8 Å². The van der Waals surface area contributed by atoms with Crippen LogP contribution in [-0.2, 0) is 0 Å². The Morgan fingerprint density at radius 2 is 2.08 bits per heavy atom. The minimum Gasteiger partial charge on any atom is -0.493 e. The van der Waals surface area contributed by atoms with Crippen molar-refractivity contribution >= 4 is 28.4 Å². The maximum Gasteiger partial charge on any atom is 0.258 e. The average molecular weight is 371 g/mol. The first kappa shape index (κ1) is 18.0. The van der Waals surface area contributed by atoms with Crippen LogP contribution in [0.3, 0.4) is 0 Å². The average Bonchev–Trinajstić information content (AvgIpc) is 2.63. The first-order valence-corrected chi connectivity index (χ1v) is 8.58. The molecule has 26 heavy (non-hydrogen) atoms. The van der Waals surface area contributed by atoms with Crippen LogP contribution >= 0.6 is 11.6 Å². The third-order valence-corrected chi connectivity index (χ3v) is 4.21. The van der Waals surface area contributed by atoms with E-state index in [1.54, 1.807) is 19.4 Å². The quantitative estimate of drug-likeness (QED) is 0.677. The van der Waals surface area contributed by atoms with Gasteiger partial charge in [0.25, 0.3) is 5.56 Å². The van der Waals surface area contributed by atoms with E-state index in [1.165, 1.54) is 10.5 Å². The van der Waals surface area contributed by atoms with E-state index in [-0.39, 0.29) is 5.56 Å². The maximum atomic E-state index is 12.3. The van der Waals surface area contributed by atoms with E-state index in [2.05, 4.69) is 4.98 Å². The third kappa shape index (κ3) is 3.58. The molecule has 0 aliphatic heterocycles. The van der Waals surface area contributed by atoms with Gasteiger partial charge in [-0.15, -0.1) is 0 Å². The van der Waals surface area contributed by atoms with Crippen LogP contribution in [0.1, 0.15) is 23.7 Å². The van der Waals surface area contributed by atoms with Gasteiger partial charge in [0.15, 0.2) is 11.5 Å². The number of benzene rings is 1. The number of halogens is 1. The summed E-state index contributed by atoms with van der Waals surface area (Å²) >= 11 is 6.44. The van der Waals surface area contributed by atoms with Crippen LogP contribution in [0, 0.1) is 6.92 Å². The summed E-state index contributed by atoms with van der Waals surface area (Å²) in [6.45, 7) is 4.37. The highest BCUT2D eigenvalue weighted by Crippen LogP contribution is 2.30. The SMILES string of the molecule is CCOc1ccc(/C=C(\Cl)c2cc(=O)n3cccc(C)c3n2)cc1OC. The van der Waals surface area contributed by atoms with Crippen molar-refractivity contribution in [3.8, 4) is 11.5 Å². The van der Waals surface area contributed by atoms with Gasteiger partial charge in [-0.2, -0.15) is 0 Å². The molecule has 3 aromatic rings. The molecule has 0 aliphatic carbocycles. The van der Waals surface area contributed by atoms with Crippen LogP contribution < -0.4 is 15.0 Å². The molecule has 0 spiro atoms. The van der Waals surface area contributed by atoms with E-state index < -0.39 is 0 Å². The number of nitrogens with zero attached hydrogens (tertiary/aromatic N) is 2. The van der Waals surface area contributed by atoms with Crippen molar-refractivity contribution in [2.24, 2.45) is 0 Å². The summed E-state index contributed by atoms with van der Waals surface area (Å²) in [5, 5.41) is 0.374. The van der Waals surface area contributed by atoms with Crippen molar-refractivity contribution in [2.75, 3.05) is 13.7 Å². The lowest BCUT2D eigenvalue weighted by atomic mass is 10.1. The lowest BCUT2D eigenvalue weighted by molar-refractivity contribution is 0.311. The molecule has 0 fully saturated rings. The second-order valence-electron chi connectivity index (χ2n) is 5.70. The molecule has 0 N–H and O–H groups in total. The molecule has 2 aromatic heterocycles. The summed E-state index contributed by atoms with van der Waals surface area (Å²) < 4.78 is 12.4. The van der Waals surface area contributed by atoms with Crippen molar-refractivity contribution in [3.63, 3.8) is 0 Å². The number of aryl methyl sites for hydroxylation is 1. The van der Waals surface area contributed by atoms with Gasteiger partial charge in [-0.3, -0.25) is 9.20 Å². The van der Waals surface area contributed by atoms with Gasteiger partial charge in [0.2, 0.25) is 0 Å². The highest BCUT2D eigenvalue weighted by molar-refractivity contribution is 6.51. The van der Waals surface area contributed by atoms with Gasteiger partial charge in [-0.25, -0.2) is 4.98 Å². The lowest BCUT2D eigenvalue weighted by Gasteiger charge is -2.10. The lowest BCUT2D eigenvalue weighted by Crippen LogP contribution is -2.15. The summed E-state index contributed by atoms with van der Waals surface area (Å²) in [7, 11) is 1.58. The van der Waals surface area contributed by atoms with Gasteiger partial charge in [-0.05, 0) is 49.2 Å². The number of ether oxygens (including phenoxy) is 2. The topological polar surface area (TPSA) is 52.8 Å². The standard InChI is InChI=1S/C20H19ClN2O3/c1-4-26-17-8-7-14(11-18(17)25-3)10-15(21)16-12-19(24)23-9-5-6-13(2)20(23)22-16/h5-12H,4H2,1-3H3/b15-10-. The molecule has 2 heterocycles. The van der Waals surface area contributed by atoms with Gasteiger partial charge >= 0.3 is 0 Å². The highest BCUT2D eigenvalue weighted by atomic mass is 35.5. The molecule has 0 unspecified atom stereocenters. The minimum atomic E-state index is -0.176. The maximum absolute atomic E-state index is 12.3. The molecule has 0 saturated carbocycles. The Kier molecular flexibility index (Phi) is 5.28. The van der Waals surface area contributed by atoms with Crippen LogP contribution in [0.2, 0.25) is 0 Å². The number of rotatable bonds is 5. The number of methoxy groups -OCH3 is 1. The van der Waals surface area contributed by atoms with E-state index in [0.29, 0.717) is 34.5 Å². The zero-order valence-electron chi connectivity index (χ0n) is 14.8. The van der Waals surface area contributed by atoms with Gasteiger partial charge < -0.3 is 9.47 Å². The molecular formula is C20H19ClN2O3. The second-order valence-corrected chi connectivity index (χ2v) is 6.11. The number of fused-ring (bicyclic) bond motifs is 1. The second kappa shape index (κ2) is 7.62. The zero-order valence-corrected chi connectivity index (χ0v) is 15.6.